The Hall–Kier alpha value is -2.10. The molecule has 1 amide bonds. The van der Waals surface area contributed by atoms with Crippen LogP contribution in [0.15, 0.2) is 36.4 Å². The maximum atomic E-state index is 12.2. The summed E-state index contributed by atoms with van der Waals surface area (Å²) in [6.45, 7) is 0.598. The van der Waals surface area contributed by atoms with Gasteiger partial charge in [0.15, 0.2) is 0 Å². The highest BCUT2D eigenvalue weighted by Gasteiger charge is 2.39. The van der Waals surface area contributed by atoms with E-state index in [1.54, 1.807) is 6.07 Å². The third kappa shape index (κ3) is 3.06. The summed E-state index contributed by atoms with van der Waals surface area (Å²) < 4.78 is 4.71. The molecule has 0 saturated heterocycles. The summed E-state index contributed by atoms with van der Waals surface area (Å²) in [4.78, 5) is 23.7. The number of ether oxygens (including phenoxy) is 1. The smallest absolute Gasteiger partial charge is 0.337 e. The minimum absolute atomic E-state index is 0.149. The number of allylic oxidation sites excluding steroid dienone is 2. The molecule has 0 unspecified atom stereocenters. The van der Waals surface area contributed by atoms with Gasteiger partial charge in [0.25, 0.3) is 0 Å². The van der Waals surface area contributed by atoms with Crippen LogP contribution in [0.3, 0.4) is 0 Å². The number of rotatable bonds is 5. The fraction of sp³-hybridized carbons (Fsp3) is 0.444. The molecule has 22 heavy (non-hydrogen) atoms. The average molecular weight is 299 g/mol. The second-order valence-electron chi connectivity index (χ2n) is 6.12. The zero-order chi connectivity index (χ0) is 15.5. The maximum Gasteiger partial charge on any atom is 0.337 e. The SMILES string of the molecule is COC(=O)c1cccc(CCNC(=O)[C@H]2C[C@H]3C=C[C@H]2C3)c1. The van der Waals surface area contributed by atoms with Gasteiger partial charge in [-0.25, -0.2) is 4.79 Å². The number of hydrogen-bond acceptors (Lipinski definition) is 3. The molecule has 0 spiro atoms. The van der Waals surface area contributed by atoms with Crippen molar-refractivity contribution < 1.29 is 14.3 Å². The molecule has 1 N–H and O–H groups in total. The molecule has 2 aliphatic carbocycles. The molecule has 1 aromatic rings. The third-order valence-electron chi connectivity index (χ3n) is 4.68. The number of fused-ring (bicyclic) bond motifs is 2. The van der Waals surface area contributed by atoms with Gasteiger partial charge in [0.1, 0.15) is 0 Å². The van der Waals surface area contributed by atoms with E-state index < -0.39 is 0 Å². The maximum absolute atomic E-state index is 12.2. The highest BCUT2D eigenvalue weighted by Crippen LogP contribution is 2.43. The Labute approximate surface area is 130 Å². The first-order valence-corrected chi connectivity index (χ1v) is 7.80. The molecule has 0 heterocycles. The fourth-order valence-electron chi connectivity index (χ4n) is 3.51. The first-order valence-electron chi connectivity index (χ1n) is 7.80. The van der Waals surface area contributed by atoms with Crippen molar-refractivity contribution in [2.24, 2.45) is 17.8 Å². The van der Waals surface area contributed by atoms with Gasteiger partial charge in [-0.05, 0) is 48.8 Å². The highest BCUT2D eigenvalue weighted by molar-refractivity contribution is 5.89. The van der Waals surface area contributed by atoms with Crippen LogP contribution in [0.2, 0.25) is 0 Å². The lowest BCUT2D eigenvalue weighted by atomic mass is 9.93. The lowest BCUT2D eigenvalue weighted by molar-refractivity contribution is -0.125. The number of nitrogens with one attached hydrogen (secondary N) is 1. The van der Waals surface area contributed by atoms with Gasteiger partial charge in [-0.2, -0.15) is 0 Å². The van der Waals surface area contributed by atoms with Crippen molar-refractivity contribution >= 4 is 11.9 Å². The van der Waals surface area contributed by atoms with E-state index in [0.29, 0.717) is 30.4 Å². The standard InChI is InChI=1S/C18H21NO3/c1-22-18(21)15-4-2-3-12(9-15)7-8-19-17(20)16-11-13-5-6-14(16)10-13/h2-6,9,13-14,16H,7-8,10-11H2,1H3,(H,19,20)/t13-,14-,16-/m0/s1. The quantitative estimate of drug-likeness (QED) is 0.670. The van der Waals surface area contributed by atoms with Crippen molar-refractivity contribution in [2.45, 2.75) is 19.3 Å². The van der Waals surface area contributed by atoms with Gasteiger partial charge in [0.05, 0.1) is 12.7 Å². The number of benzene rings is 1. The summed E-state index contributed by atoms with van der Waals surface area (Å²) in [5.41, 5.74) is 1.57. The van der Waals surface area contributed by atoms with Crippen LogP contribution < -0.4 is 5.32 Å². The lowest BCUT2D eigenvalue weighted by Gasteiger charge is -2.17. The molecule has 116 valence electrons. The van der Waals surface area contributed by atoms with Gasteiger partial charge in [-0.15, -0.1) is 0 Å². The molecular weight excluding hydrogens is 278 g/mol. The molecular formula is C18H21NO3. The predicted octanol–water partition coefficient (Wildman–Crippen LogP) is 2.34. The molecule has 3 rings (SSSR count). The van der Waals surface area contributed by atoms with Crippen molar-refractivity contribution in [1.29, 1.82) is 0 Å². The highest BCUT2D eigenvalue weighted by atomic mass is 16.5. The van der Waals surface area contributed by atoms with E-state index in [4.69, 9.17) is 4.74 Å². The molecule has 0 aliphatic heterocycles. The summed E-state index contributed by atoms with van der Waals surface area (Å²) in [5, 5.41) is 3.03. The minimum atomic E-state index is -0.334. The van der Waals surface area contributed by atoms with E-state index >= 15 is 0 Å². The van der Waals surface area contributed by atoms with E-state index in [9.17, 15) is 9.59 Å². The molecule has 4 heteroatoms. The molecule has 0 aromatic heterocycles. The predicted molar refractivity (Wildman–Crippen MR) is 83.3 cm³/mol. The first-order chi connectivity index (χ1) is 10.7. The van der Waals surface area contributed by atoms with Crippen LogP contribution >= 0.6 is 0 Å². The van der Waals surface area contributed by atoms with Gasteiger partial charge in [-0.3, -0.25) is 4.79 Å². The Bertz CT molecular complexity index is 608. The van der Waals surface area contributed by atoms with E-state index in [0.717, 1.165) is 18.4 Å². The second-order valence-corrected chi connectivity index (χ2v) is 6.12. The van der Waals surface area contributed by atoms with Gasteiger partial charge >= 0.3 is 5.97 Å². The summed E-state index contributed by atoms with van der Waals surface area (Å²) in [7, 11) is 1.37. The third-order valence-corrected chi connectivity index (χ3v) is 4.68. The fourth-order valence-corrected chi connectivity index (χ4v) is 3.51. The van der Waals surface area contributed by atoms with E-state index in [-0.39, 0.29) is 17.8 Å². The molecule has 2 aliphatic rings. The van der Waals surface area contributed by atoms with E-state index in [1.165, 1.54) is 7.11 Å². The normalized spacial score (nSPS) is 25.2. The number of methoxy groups -OCH3 is 1. The number of esters is 1. The van der Waals surface area contributed by atoms with Gasteiger partial charge in [0, 0.05) is 12.5 Å². The number of carbonyl (C=O) groups excluding carboxylic acids is 2. The molecule has 1 saturated carbocycles. The van der Waals surface area contributed by atoms with Crippen molar-refractivity contribution in [3.8, 4) is 0 Å². The van der Waals surface area contributed by atoms with Crippen molar-refractivity contribution in [3.63, 3.8) is 0 Å². The van der Waals surface area contributed by atoms with Crippen LogP contribution in [0.1, 0.15) is 28.8 Å². The monoisotopic (exact) mass is 299 g/mol. The van der Waals surface area contributed by atoms with Gasteiger partial charge in [-0.1, -0.05) is 24.3 Å². The Balaban J connectivity index is 1.50. The Morgan fingerprint density at radius 3 is 2.82 bits per heavy atom. The number of amides is 1. The van der Waals surface area contributed by atoms with E-state index in [1.807, 2.05) is 18.2 Å². The van der Waals surface area contributed by atoms with Crippen LogP contribution in [-0.4, -0.2) is 25.5 Å². The summed E-state index contributed by atoms with van der Waals surface area (Å²) in [6.07, 6.45) is 7.28. The second kappa shape index (κ2) is 6.34. The van der Waals surface area contributed by atoms with E-state index in [2.05, 4.69) is 17.5 Å². The Morgan fingerprint density at radius 2 is 2.14 bits per heavy atom. The number of carbonyl (C=O) groups is 2. The van der Waals surface area contributed by atoms with Crippen molar-refractivity contribution in [1.82, 2.24) is 5.32 Å². The van der Waals surface area contributed by atoms with Crippen molar-refractivity contribution in [2.75, 3.05) is 13.7 Å². The van der Waals surface area contributed by atoms with Crippen molar-refractivity contribution in [3.05, 3.63) is 47.5 Å². The molecule has 1 aromatic carbocycles. The first kappa shape index (κ1) is 14.8. The topological polar surface area (TPSA) is 55.4 Å². The molecule has 4 nitrogen and oxygen atoms in total. The average Bonchev–Trinajstić information content (AvgIpc) is 3.17. The van der Waals surface area contributed by atoms with Gasteiger partial charge < -0.3 is 10.1 Å². The molecule has 2 bridgehead atoms. The Kier molecular flexibility index (Phi) is 4.27. The van der Waals surface area contributed by atoms with Crippen LogP contribution in [0, 0.1) is 17.8 Å². The molecule has 3 atom stereocenters. The van der Waals surface area contributed by atoms with Crippen LogP contribution in [0.4, 0.5) is 0 Å². The largest absolute Gasteiger partial charge is 0.465 e. The molecule has 0 radical (unpaired) electrons. The zero-order valence-electron chi connectivity index (χ0n) is 12.7. The summed E-state index contributed by atoms with van der Waals surface area (Å²) in [6, 6.07) is 7.34. The lowest BCUT2D eigenvalue weighted by Crippen LogP contribution is -2.34. The summed E-state index contributed by atoms with van der Waals surface area (Å²) in [5.74, 6) is 1.03. The van der Waals surface area contributed by atoms with Crippen LogP contribution in [-0.2, 0) is 16.0 Å². The Morgan fingerprint density at radius 1 is 1.27 bits per heavy atom. The minimum Gasteiger partial charge on any atom is -0.465 e. The summed E-state index contributed by atoms with van der Waals surface area (Å²) >= 11 is 0. The number of hydrogen-bond donors (Lipinski definition) is 1. The molecule has 1 fully saturated rings. The van der Waals surface area contributed by atoms with Crippen LogP contribution in [0.25, 0.3) is 0 Å². The van der Waals surface area contributed by atoms with Gasteiger partial charge in [0.2, 0.25) is 5.91 Å². The zero-order valence-corrected chi connectivity index (χ0v) is 12.7. The van der Waals surface area contributed by atoms with Crippen LogP contribution in [0.5, 0.6) is 0 Å².